The predicted molar refractivity (Wildman–Crippen MR) is 92.1 cm³/mol. The summed E-state index contributed by atoms with van der Waals surface area (Å²) < 4.78 is 0. The molecule has 0 amide bonds. The van der Waals surface area contributed by atoms with Crippen LogP contribution in [-0.4, -0.2) is 17.2 Å². The van der Waals surface area contributed by atoms with Gasteiger partial charge in [-0.05, 0) is 34.8 Å². The molecule has 1 aliphatic carbocycles. The van der Waals surface area contributed by atoms with Crippen molar-refractivity contribution in [2.45, 2.75) is 6.42 Å². The summed E-state index contributed by atoms with van der Waals surface area (Å²) in [6.45, 7) is 0. The van der Waals surface area contributed by atoms with E-state index >= 15 is 0 Å². The molecule has 0 fully saturated rings. The van der Waals surface area contributed by atoms with E-state index in [0.717, 1.165) is 22.1 Å². The molecule has 22 heavy (non-hydrogen) atoms. The van der Waals surface area contributed by atoms with Gasteiger partial charge in [0.1, 0.15) is 5.01 Å². The Balaban J connectivity index is 1.77. The number of rotatable bonds is 3. The van der Waals surface area contributed by atoms with E-state index in [1.807, 2.05) is 7.05 Å². The average Bonchev–Trinajstić information content (AvgIpc) is 3.22. The molecule has 1 N–H and O–H groups in total. The maximum absolute atomic E-state index is 4.27. The van der Waals surface area contributed by atoms with Crippen LogP contribution in [0.4, 0.5) is 5.13 Å². The molecule has 0 spiro atoms. The van der Waals surface area contributed by atoms with Gasteiger partial charge in [0.05, 0.1) is 0 Å². The van der Waals surface area contributed by atoms with Crippen LogP contribution in [0.3, 0.4) is 0 Å². The third-order valence-corrected chi connectivity index (χ3v) is 4.89. The number of benzene rings is 2. The summed E-state index contributed by atoms with van der Waals surface area (Å²) in [5.74, 6) is 0. The summed E-state index contributed by atoms with van der Waals surface area (Å²) in [5.41, 5.74) is 6.40. The summed E-state index contributed by atoms with van der Waals surface area (Å²) in [6.07, 6.45) is 3.31. The van der Waals surface area contributed by atoms with Gasteiger partial charge in [0.25, 0.3) is 0 Å². The lowest BCUT2D eigenvalue weighted by Gasteiger charge is -2.07. The predicted octanol–water partition coefficient (Wildman–Crippen LogP) is 4.23. The minimum absolute atomic E-state index is 0.842. The normalized spacial score (nSPS) is 12.9. The van der Waals surface area contributed by atoms with E-state index in [-0.39, 0.29) is 0 Å². The molecule has 0 bridgehead atoms. The van der Waals surface area contributed by atoms with Gasteiger partial charge in [-0.1, -0.05) is 59.9 Å². The lowest BCUT2D eigenvalue weighted by molar-refractivity contribution is 1.09. The highest BCUT2D eigenvalue weighted by Gasteiger charge is 2.17. The molecule has 3 nitrogen and oxygen atoms in total. The summed E-state index contributed by atoms with van der Waals surface area (Å²) in [6, 6.07) is 17.1. The highest BCUT2D eigenvalue weighted by atomic mass is 32.1. The highest BCUT2D eigenvalue weighted by Crippen LogP contribution is 2.36. The van der Waals surface area contributed by atoms with E-state index in [2.05, 4.69) is 70.1 Å². The summed E-state index contributed by atoms with van der Waals surface area (Å²) in [4.78, 5) is 0. The fraction of sp³-hybridized carbons (Fsp3) is 0.111. The molecule has 0 aliphatic heterocycles. The Bertz CT molecular complexity index is 850. The summed E-state index contributed by atoms with van der Waals surface area (Å²) in [7, 11) is 1.86. The van der Waals surface area contributed by atoms with Crippen LogP contribution in [0.1, 0.15) is 16.7 Å². The number of fused-ring (bicyclic) bond motifs is 1. The summed E-state index contributed by atoms with van der Waals surface area (Å²) >= 11 is 1.58. The van der Waals surface area contributed by atoms with Crippen molar-refractivity contribution in [2.75, 3.05) is 12.4 Å². The second kappa shape index (κ2) is 5.39. The monoisotopic (exact) mass is 305 g/mol. The molecule has 3 aromatic rings. The van der Waals surface area contributed by atoms with Gasteiger partial charge in [0, 0.05) is 12.6 Å². The molecule has 0 unspecified atom stereocenters. The van der Waals surface area contributed by atoms with Crippen LogP contribution in [0.5, 0.6) is 0 Å². The second-order valence-electron chi connectivity index (χ2n) is 5.22. The lowest BCUT2D eigenvalue weighted by Crippen LogP contribution is -1.88. The zero-order valence-electron chi connectivity index (χ0n) is 12.2. The molecule has 108 valence electrons. The molecular weight excluding hydrogens is 290 g/mol. The standard InChI is InChI=1S/C18H15N3S/c1-19-18-21-20-17(22-18)14-8-7-13-9-10-15(16(13)11-14)12-5-3-2-4-6-12/h2-8,10-11H,9H2,1H3,(H,19,21). The molecule has 1 aliphatic rings. The molecule has 1 heterocycles. The van der Waals surface area contributed by atoms with Crippen LogP contribution in [0, 0.1) is 0 Å². The Morgan fingerprint density at radius 3 is 2.64 bits per heavy atom. The molecule has 4 rings (SSSR count). The van der Waals surface area contributed by atoms with E-state index in [4.69, 9.17) is 0 Å². The minimum atomic E-state index is 0.842. The number of nitrogens with one attached hydrogen (secondary N) is 1. The lowest BCUT2D eigenvalue weighted by atomic mass is 9.97. The van der Waals surface area contributed by atoms with Gasteiger partial charge in [-0.15, -0.1) is 10.2 Å². The zero-order chi connectivity index (χ0) is 14.9. The quantitative estimate of drug-likeness (QED) is 0.786. The molecule has 4 heteroatoms. The molecule has 0 atom stereocenters. The first kappa shape index (κ1) is 13.2. The van der Waals surface area contributed by atoms with E-state index in [9.17, 15) is 0 Å². The highest BCUT2D eigenvalue weighted by molar-refractivity contribution is 7.18. The molecule has 2 aromatic carbocycles. The van der Waals surface area contributed by atoms with Crippen LogP contribution in [0.15, 0.2) is 54.6 Å². The van der Waals surface area contributed by atoms with Gasteiger partial charge < -0.3 is 5.32 Å². The van der Waals surface area contributed by atoms with Crippen molar-refractivity contribution in [1.82, 2.24) is 10.2 Å². The molecule has 0 saturated heterocycles. The third-order valence-electron chi connectivity index (χ3n) is 3.90. The van der Waals surface area contributed by atoms with Crippen molar-refractivity contribution in [3.05, 3.63) is 71.3 Å². The average molecular weight is 305 g/mol. The molecule has 0 saturated carbocycles. The van der Waals surface area contributed by atoms with Gasteiger partial charge in [-0.25, -0.2) is 0 Å². The Kier molecular flexibility index (Phi) is 3.24. The van der Waals surface area contributed by atoms with Gasteiger partial charge in [0.15, 0.2) is 0 Å². The Morgan fingerprint density at radius 1 is 1.00 bits per heavy atom. The Labute approximate surface area is 133 Å². The zero-order valence-corrected chi connectivity index (χ0v) is 13.0. The third kappa shape index (κ3) is 2.22. The summed E-state index contributed by atoms with van der Waals surface area (Å²) in [5, 5.41) is 13.2. The maximum Gasteiger partial charge on any atom is 0.205 e. The van der Waals surface area contributed by atoms with Crippen molar-refractivity contribution in [2.24, 2.45) is 0 Å². The van der Waals surface area contributed by atoms with Crippen molar-refractivity contribution in [3.63, 3.8) is 0 Å². The van der Waals surface area contributed by atoms with Crippen LogP contribution < -0.4 is 5.32 Å². The SMILES string of the molecule is CNc1nnc(-c2ccc3c(c2)C(c2ccccc2)=CC3)s1. The van der Waals surface area contributed by atoms with Gasteiger partial charge in [0.2, 0.25) is 5.13 Å². The Morgan fingerprint density at radius 2 is 1.86 bits per heavy atom. The van der Waals surface area contributed by atoms with Crippen LogP contribution >= 0.6 is 11.3 Å². The number of allylic oxidation sites excluding steroid dienone is 1. The second-order valence-corrected chi connectivity index (χ2v) is 6.20. The van der Waals surface area contributed by atoms with E-state index in [0.29, 0.717) is 0 Å². The number of hydrogen-bond acceptors (Lipinski definition) is 4. The molecular formula is C18H15N3S. The fourth-order valence-corrected chi connectivity index (χ4v) is 3.49. The van der Waals surface area contributed by atoms with Crippen LogP contribution in [-0.2, 0) is 6.42 Å². The topological polar surface area (TPSA) is 37.8 Å². The molecule has 1 aromatic heterocycles. The van der Waals surface area contributed by atoms with Gasteiger partial charge >= 0.3 is 0 Å². The van der Waals surface area contributed by atoms with E-state index < -0.39 is 0 Å². The Hall–Kier alpha value is -2.46. The van der Waals surface area contributed by atoms with Crippen LogP contribution in [0.25, 0.3) is 16.1 Å². The largest absolute Gasteiger partial charge is 0.363 e. The first-order valence-corrected chi connectivity index (χ1v) is 8.07. The van der Waals surface area contributed by atoms with Gasteiger partial charge in [-0.2, -0.15) is 0 Å². The fourth-order valence-electron chi connectivity index (χ4n) is 2.79. The molecule has 0 radical (unpaired) electrons. The number of anilines is 1. The van der Waals surface area contributed by atoms with E-state index in [1.165, 1.54) is 22.3 Å². The number of nitrogens with zero attached hydrogens (tertiary/aromatic N) is 2. The van der Waals surface area contributed by atoms with Crippen molar-refractivity contribution < 1.29 is 0 Å². The number of aromatic nitrogens is 2. The minimum Gasteiger partial charge on any atom is -0.363 e. The maximum atomic E-state index is 4.27. The first-order valence-electron chi connectivity index (χ1n) is 7.25. The number of hydrogen-bond donors (Lipinski definition) is 1. The van der Waals surface area contributed by atoms with Crippen molar-refractivity contribution in [1.29, 1.82) is 0 Å². The smallest absolute Gasteiger partial charge is 0.205 e. The van der Waals surface area contributed by atoms with Gasteiger partial charge in [-0.3, -0.25) is 0 Å². The van der Waals surface area contributed by atoms with Crippen molar-refractivity contribution >= 4 is 22.0 Å². The van der Waals surface area contributed by atoms with Crippen molar-refractivity contribution in [3.8, 4) is 10.6 Å². The first-order chi connectivity index (χ1) is 10.8. The van der Waals surface area contributed by atoms with Crippen LogP contribution in [0.2, 0.25) is 0 Å². The van der Waals surface area contributed by atoms with E-state index in [1.54, 1.807) is 11.3 Å².